The van der Waals surface area contributed by atoms with Crippen molar-refractivity contribution in [3.8, 4) is 0 Å². The summed E-state index contributed by atoms with van der Waals surface area (Å²) in [6.45, 7) is 10.0. The van der Waals surface area contributed by atoms with Crippen molar-refractivity contribution in [2.24, 2.45) is 4.99 Å². The highest BCUT2D eigenvalue weighted by Gasteiger charge is 2.40. The Morgan fingerprint density at radius 3 is 2.70 bits per heavy atom. The summed E-state index contributed by atoms with van der Waals surface area (Å²) in [5, 5.41) is 3.30. The monoisotopic (exact) mass is 317 g/mol. The fourth-order valence-electron chi connectivity index (χ4n) is 3.32. The second kappa shape index (κ2) is 6.98. The molecule has 1 aromatic rings. The molecule has 0 radical (unpaired) electrons. The van der Waals surface area contributed by atoms with Crippen molar-refractivity contribution in [3.05, 3.63) is 30.1 Å². The summed E-state index contributed by atoms with van der Waals surface area (Å²) in [5.74, 6) is 0.873. The maximum atomic E-state index is 12.5. The minimum absolute atomic E-state index is 0.136. The van der Waals surface area contributed by atoms with E-state index < -0.39 is 0 Å². The molecule has 126 valence electrons. The average Bonchev–Trinajstić information content (AvgIpc) is 2.46. The van der Waals surface area contributed by atoms with Crippen molar-refractivity contribution in [2.75, 3.05) is 20.1 Å². The Morgan fingerprint density at radius 2 is 2.17 bits per heavy atom. The van der Waals surface area contributed by atoms with Crippen molar-refractivity contribution >= 4 is 11.9 Å². The van der Waals surface area contributed by atoms with Gasteiger partial charge in [0.05, 0.1) is 24.3 Å². The van der Waals surface area contributed by atoms with E-state index in [9.17, 15) is 4.79 Å². The van der Waals surface area contributed by atoms with Crippen molar-refractivity contribution in [1.82, 2.24) is 20.1 Å². The molecule has 23 heavy (non-hydrogen) atoms. The maximum Gasteiger partial charge on any atom is 0.242 e. The molecule has 0 aliphatic carbocycles. The quantitative estimate of drug-likeness (QED) is 0.678. The first-order valence-electron chi connectivity index (χ1n) is 8.03. The molecule has 1 saturated heterocycles. The lowest BCUT2D eigenvalue weighted by atomic mass is 9.96. The molecule has 1 aromatic heterocycles. The predicted octanol–water partition coefficient (Wildman–Crippen LogP) is 1.49. The van der Waals surface area contributed by atoms with Gasteiger partial charge in [-0.2, -0.15) is 0 Å². The largest absolute Gasteiger partial charge is 0.351 e. The lowest BCUT2D eigenvalue weighted by Gasteiger charge is -2.49. The zero-order valence-electron chi connectivity index (χ0n) is 14.7. The number of amides is 1. The van der Waals surface area contributed by atoms with E-state index in [1.54, 1.807) is 13.2 Å². The number of carbonyl (C=O) groups excluding carboxylic acids is 1. The molecule has 6 nitrogen and oxygen atoms in total. The smallest absolute Gasteiger partial charge is 0.242 e. The first kappa shape index (κ1) is 17.2. The minimum atomic E-state index is -0.230. The number of pyridine rings is 1. The van der Waals surface area contributed by atoms with Crippen LogP contribution in [0.2, 0.25) is 0 Å². The molecule has 0 bridgehead atoms. The number of hydrogen-bond acceptors (Lipinski definition) is 3. The van der Waals surface area contributed by atoms with Crippen LogP contribution in [0.3, 0.4) is 0 Å². The molecule has 0 unspecified atom stereocenters. The number of aromatic nitrogens is 1. The molecule has 0 aromatic carbocycles. The molecule has 0 spiro atoms. The van der Waals surface area contributed by atoms with Crippen molar-refractivity contribution < 1.29 is 4.79 Å². The minimum Gasteiger partial charge on any atom is -0.351 e. The molecule has 2 heterocycles. The van der Waals surface area contributed by atoms with Crippen LogP contribution in [0.5, 0.6) is 0 Å². The molecule has 1 aliphatic heterocycles. The summed E-state index contributed by atoms with van der Waals surface area (Å²) >= 11 is 0. The zero-order valence-corrected chi connectivity index (χ0v) is 14.7. The fourth-order valence-corrected chi connectivity index (χ4v) is 3.32. The van der Waals surface area contributed by atoms with Crippen LogP contribution in [0.4, 0.5) is 0 Å². The first-order chi connectivity index (χ1) is 10.8. The van der Waals surface area contributed by atoms with Gasteiger partial charge in [-0.25, -0.2) is 0 Å². The van der Waals surface area contributed by atoms with Gasteiger partial charge in [0.15, 0.2) is 5.96 Å². The summed E-state index contributed by atoms with van der Waals surface area (Å²) in [4.78, 5) is 25.2. The van der Waals surface area contributed by atoms with Crippen LogP contribution in [-0.2, 0) is 11.3 Å². The molecule has 0 atom stereocenters. The lowest BCUT2D eigenvalue weighted by molar-refractivity contribution is -0.145. The Hall–Kier alpha value is -2.11. The molecule has 6 heteroatoms. The number of piperazine rings is 1. The second-order valence-electron chi connectivity index (χ2n) is 6.75. The summed E-state index contributed by atoms with van der Waals surface area (Å²) in [5.41, 5.74) is 0.714. The standard InChI is InChI=1S/C17H27N5O/c1-13(2)22-15(23)11-21(12-17(22,3)4)16(18-5)20-10-14-8-6-7-9-19-14/h6-9,13H,10-12H2,1-5H3,(H,18,20). The third kappa shape index (κ3) is 4.00. The van der Waals surface area contributed by atoms with Crippen LogP contribution < -0.4 is 5.32 Å². The number of guanidine groups is 1. The van der Waals surface area contributed by atoms with Gasteiger partial charge in [0.2, 0.25) is 5.91 Å². The van der Waals surface area contributed by atoms with Gasteiger partial charge in [0, 0.05) is 25.8 Å². The van der Waals surface area contributed by atoms with E-state index >= 15 is 0 Å². The molecule has 0 saturated carbocycles. The summed E-state index contributed by atoms with van der Waals surface area (Å²) < 4.78 is 0. The number of rotatable bonds is 3. The van der Waals surface area contributed by atoms with Gasteiger partial charge in [0.25, 0.3) is 0 Å². The van der Waals surface area contributed by atoms with Crippen LogP contribution in [0, 0.1) is 0 Å². The number of nitrogens with zero attached hydrogens (tertiary/aromatic N) is 4. The fraction of sp³-hybridized carbons (Fsp3) is 0.588. The molecular weight excluding hydrogens is 290 g/mol. The van der Waals surface area contributed by atoms with E-state index in [1.165, 1.54) is 0 Å². The van der Waals surface area contributed by atoms with E-state index in [1.807, 2.05) is 28.0 Å². The molecule has 1 amide bonds. The van der Waals surface area contributed by atoms with E-state index in [-0.39, 0.29) is 17.5 Å². The Kier molecular flexibility index (Phi) is 5.23. The highest BCUT2D eigenvalue weighted by Crippen LogP contribution is 2.24. The van der Waals surface area contributed by atoms with Crippen LogP contribution in [0.1, 0.15) is 33.4 Å². The SMILES string of the molecule is CN=C(NCc1ccccn1)N1CC(=O)N(C(C)C)C(C)(C)C1. The third-order valence-corrected chi connectivity index (χ3v) is 4.01. The molecule has 2 rings (SSSR count). The Labute approximate surface area is 138 Å². The van der Waals surface area contributed by atoms with Gasteiger partial charge in [-0.05, 0) is 39.8 Å². The van der Waals surface area contributed by atoms with Gasteiger partial charge in [0.1, 0.15) is 0 Å². The maximum absolute atomic E-state index is 12.5. The first-order valence-corrected chi connectivity index (χ1v) is 8.03. The molecule has 1 aliphatic rings. The average molecular weight is 317 g/mol. The zero-order chi connectivity index (χ0) is 17.0. The highest BCUT2D eigenvalue weighted by atomic mass is 16.2. The summed E-state index contributed by atoms with van der Waals surface area (Å²) in [6, 6.07) is 6.01. The molecule has 1 N–H and O–H groups in total. The lowest BCUT2D eigenvalue weighted by Crippen LogP contribution is -2.66. The van der Waals surface area contributed by atoms with Gasteiger partial charge in [-0.15, -0.1) is 0 Å². The Morgan fingerprint density at radius 1 is 1.43 bits per heavy atom. The van der Waals surface area contributed by atoms with Gasteiger partial charge < -0.3 is 15.1 Å². The van der Waals surface area contributed by atoms with Crippen LogP contribution in [-0.4, -0.2) is 58.4 Å². The van der Waals surface area contributed by atoms with Crippen LogP contribution >= 0.6 is 0 Å². The van der Waals surface area contributed by atoms with Crippen molar-refractivity contribution in [1.29, 1.82) is 0 Å². The van der Waals surface area contributed by atoms with Gasteiger partial charge >= 0.3 is 0 Å². The Balaban J connectivity index is 2.06. The summed E-state index contributed by atoms with van der Waals surface area (Å²) in [7, 11) is 1.74. The topological polar surface area (TPSA) is 60.8 Å². The van der Waals surface area contributed by atoms with Gasteiger partial charge in [-0.3, -0.25) is 14.8 Å². The van der Waals surface area contributed by atoms with Crippen molar-refractivity contribution in [2.45, 2.75) is 45.8 Å². The van der Waals surface area contributed by atoms with E-state index in [4.69, 9.17) is 0 Å². The third-order valence-electron chi connectivity index (χ3n) is 4.01. The van der Waals surface area contributed by atoms with Gasteiger partial charge in [-0.1, -0.05) is 6.07 Å². The second-order valence-corrected chi connectivity index (χ2v) is 6.75. The number of carbonyl (C=O) groups is 1. The molecule has 1 fully saturated rings. The number of hydrogen-bond donors (Lipinski definition) is 1. The normalized spacial score (nSPS) is 18.5. The Bertz CT molecular complexity index is 568. The number of nitrogens with one attached hydrogen (secondary N) is 1. The van der Waals surface area contributed by atoms with E-state index in [0.29, 0.717) is 13.1 Å². The summed E-state index contributed by atoms with van der Waals surface area (Å²) in [6.07, 6.45) is 1.77. The van der Waals surface area contributed by atoms with Crippen LogP contribution in [0.15, 0.2) is 29.4 Å². The highest BCUT2D eigenvalue weighted by molar-refractivity contribution is 5.88. The van der Waals surface area contributed by atoms with E-state index in [2.05, 4.69) is 43.0 Å². The van der Waals surface area contributed by atoms with Crippen LogP contribution in [0.25, 0.3) is 0 Å². The van der Waals surface area contributed by atoms with Crippen molar-refractivity contribution in [3.63, 3.8) is 0 Å². The van der Waals surface area contributed by atoms with E-state index in [0.717, 1.165) is 18.2 Å². The molecular formula is C17H27N5O. The predicted molar refractivity (Wildman–Crippen MR) is 92.1 cm³/mol. The number of aliphatic imine (C=N–C) groups is 1.